The third-order valence-corrected chi connectivity index (χ3v) is 3.54. The van der Waals surface area contributed by atoms with Crippen molar-refractivity contribution in [3.05, 3.63) is 33.7 Å². The van der Waals surface area contributed by atoms with Crippen molar-refractivity contribution in [3.63, 3.8) is 0 Å². The van der Waals surface area contributed by atoms with Gasteiger partial charge in [0.2, 0.25) is 0 Å². The Balaban J connectivity index is 0.000000531. The van der Waals surface area contributed by atoms with E-state index in [1.54, 1.807) is 6.92 Å². The van der Waals surface area contributed by atoms with Crippen molar-refractivity contribution in [2.75, 3.05) is 0 Å². The van der Waals surface area contributed by atoms with Crippen molar-refractivity contribution in [1.29, 1.82) is 0 Å². The highest BCUT2D eigenvalue weighted by molar-refractivity contribution is 7.19. The summed E-state index contributed by atoms with van der Waals surface area (Å²) in [5.41, 5.74) is 0. The molecule has 0 amide bonds. The van der Waals surface area contributed by atoms with Crippen LogP contribution in [0.25, 0.3) is 10.1 Å². The molecule has 0 saturated heterocycles. The lowest BCUT2D eigenvalue weighted by Gasteiger charge is -1.93. The lowest BCUT2D eigenvalue weighted by atomic mass is 10.2. The average Bonchev–Trinajstić information content (AvgIpc) is 2.54. The van der Waals surface area contributed by atoms with Crippen LogP contribution in [-0.2, 0) is 0 Å². The topological polar surface area (TPSA) is 0 Å². The summed E-state index contributed by atoms with van der Waals surface area (Å²) in [4.78, 5) is 0.737. The molecule has 0 nitrogen and oxygen atoms in total. The summed E-state index contributed by atoms with van der Waals surface area (Å²) in [6.07, 6.45) is 0. The molecule has 82 valence electrons. The molecule has 15 heavy (non-hydrogen) atoms. The molecule has 1 aromatic heterocycles. The highest BCUT2D eigenvalue weighted by Gasteiger charge is 2.14. The first-order valence-corrected chi connectivity index (χ1v) is 5.83. The van der Waals surface area contributed by atoms with Gasteiger partial charge < -0.3 is 0 Å². The van der Waals surface area contributed by atoms with Crippen LogP contribution in [0.1, 0.15) is 18.7 Å². The van der Waals surface area contributed by atoms with Crippen LogP contribution in [0, 0.1) is 18.6 Å². The molecule has 0 unspecified atom stereocenters. The standard InChI is InChI=1S/C9H5ClF2S.C2H6/c1-4-8(10)7-5(11)2-3-6(12)9(7)13-4;1-2/h2-3H,1H3;1-2H3. The fourth-order valence-electron chi connectivity index (χ4n) is 1.21. The van der Waals surface area contributed by atoms with Gasteiger partial charge in [-0.3, -0.25) is 0 Å². The van der Waals surface area contributed by atoms with Crippen LogP contribution in [0.5, 0.6) is 0 Å². The third-order valence-electron chi connectivity index (χ3n) is 1.84. The van der Waals surface area contributed by atoms with Crippen molar-refractivity contribution in [3.8, 4) is 0 Å². The second kappa shape index (κ2) is 4.90. The molecule has 1 heterocycles. The Hall–Kier alpha value is -0.670. The summed E-state index contributed by atoms with van der Waals surface area (Å²) < 4.78 is 26.6. The maximum atomic E-state index is 13.2. The third kappa shape index (κ3) is 2.13. The second-order valence-electron chi connectivity index (χ2n) is 2.71. The van der Waals surface area contributed by atoms with Gasteiger partial charge in [0.25, 0.3) is 0 Å². The van der Waals surface area contributed by atoms with E-state index in [1.807, 2.05) is 13.8 Å². The van der Waals surface area contributed by atoms with E-state index in [0.29, 0.717) is 9.72 Å². The summed E-state index contributed by atoms with van der Waals surface area (Å²) in [6, 6.07) is 2.21. The fourth-order valence-corrected chi connectivity index (χ4v) is 2.53. The van der Waals surface area contributed by atoms with Crippen molar-refractivity contribution >= 4 is 33.0 Å². The Morgan fingerprint density at radius 1 is 1.13 bits per heavy atom. The van der Waals surface area contributed by atoms with E-state index in [4.69, 9.17) is 11.6 Å². The maximum absolute atomic E-state index is 13.2. The van der Waals surface area contributed by atoms with Gasteiger partial charge in [0.15, 0.2) is 0 Å². The van der Waals surface area contributed by atoms with Gasteiger partial charge in [-0.2, -0.15) is 0 Å². The molecule has 2 aromatic rings. The van der Waals surface area contributed by atoms with E-state index < -0.39 is 11.6 Å². The molecule has 0 atom stereocenters. The SMILES string of the molecule is CC.Cc1sc2c(F)ccc(F)c2c1Cl. The highest BCUT2D eigenvalue weighted by Crippen LogP contribution is 2.37. The van der Waals surface area contributed by atoms with Gasteiger partial charge in [-0.15, -0.1) is 11.3 Å². The van der Waals surface area contributed by atoms with Crippen LogP contribution in [0.4, 0.5) is 8.78 Å². The predicted octanol–water partition coefficient (Wildman–Crippen LogP) is 5.17. The number of hydrogen-bond donors (Lipinski definition) is 0. The van der Waals surface area contributed by atoms with Gasteiger partial charge in [0.1, 0.15) is 11.6 Å². The van der Waals surface area contributed by atoms with E-state index in [2.05, 4.69) is 0 Å². The number of thiophene rings is 1. The van der Waals surface area contributed by atoms with E-state index in [1.165, 1.54) is 11.3 Å². The van der Waals surface area contributed by atoms with Gasteiger partial charge in [0.05, 0.1) is 15.1 Å². The number of halogens is 3. The Labute approximate surface area is 96.5 Å². The zero-order valence-corrected chi connectivity index (χ0v) is 10.3. The highest BCUT2D eigenvalue weighted by atomic mass is 35.5. The minimum absolute atomic E-state index is 0.198. The van der Waals surface area contributed by atoms with E-state index in [-0.39, 0.29) is 5.39 Å². The van der Waals surface area contributed by atoms with E-state index >= 15 is 0 Å². The smallest absolute Gasteiger partial charge is 0.141 e. The molecule has 0 aliphatic rings. The van der Waals surface area contributed by atoms with Crippen molar-refractivity contribution < 1.29 is 8.78 Å². The quantitative estimate of drug-likeness (QED) is 0.604. The van der Waals surface area contributed by atoms with Crippen LogP contribution in [0.2, 0.25) is 5.02 Å². The van der Waals surface area contributed by atoms with Crippen molar-refractivity contribution in [1.82, 2.24) is 0 Å². The number of rotatable bonds is 0. The minimum Gasteiger partial charge on any atom is -0.206 e. The zero-order valence-electron chi connectivity index (χ0n) is 8.70. The minimum atomic E-state index is -0.467. The normalized spacial score (nSPS) is 10.0. The van der Waals surface area contributed by atoms with Crippen LogP contribution < -0.4 is 0 Å². The molecular formula is C11H11ClF2S. The fraction of sp³-hybridized carbons (Fsp3) is 0.273. The summed E-state index contributed by atoms with van der Waals surface area (Å²) in [7, 11) is 0. The Kier molecular flexibility index (Phi) is 4.05. The molecule has 1 aromatic carbocycles. The van der Waals surface area contributed by atoms with Crippen molar-refractivity contribution in [2.24, 2.45) is 0 Å². The molecule has 0 spiro atoms. The van der Waals surface area contributed by atoms with E-state index in [0.717, 1.165) is 17.0 Å². The van der Waals surface area contributed by atoms with Gasteiger partial charge in [0, 0.05) is 4.88 Å². The van der Waals surface area contributed by atoms with Gasteiger partial charge in [-0.1, -0.05) is 25.4 Å². The van der Waals surface area contributed by atoms with Crippen molar-refractivity contribution in [2.45, 2.75) is 20.8 Å². The number of fused-ring (bicyclic) bond motifs is 1. The molecule has 0 aliphatic carbocycles. The first-order chi connectivity index (χ1) is 7.11. The molecule has 0 aliphatic heterocycles. The summed E-state index contributed by atoms with van der Waals surface area (Å²) in [5.74, 6) is -0.887. The number of hydrogen-bond acceptors (Lipinski definition) is 1. The average molecular weight is 249 g/mol. The van der Waals surface area contributed by atoms with Crippen LogP contribution in [-0.4, -0.2) is 0 Å². The monoisotopic (exact) mass is 248 g/mol. The van der Waals surface area contributed by atoms with E-state index in [9.17, 15) is 8.78 Å². The molecular weight excluding hydrogens is 238 g/mol. The summed E-state index contributed by atoms with van der Waals surface area (Å²) >= 11 is 7.00. The number of aryl methyl sites for hydroxylation is 1. The molecule has 0 fully saturated rings. The van der Waals surface area contributed by atoms with Crippen LogP contribution >= 0.6 is 22.9 Å². The van der Waals surface area contributed by atoms with Gasteiger partial charge in [-0.25, -0.2) is 8.78 Å². The molecule has 0 saturated carbocycles. The molecule has 2 rings (SSSR count). The summed E-state index contributed by atoms with van der Waals surface area (Å²) in [5, 5.41) is 0.515. The first kappa shape index (κ1) is 12.4. The number of benzene rings is 1. The van der Waals surface area contributed by atoms with Gasteiger partial charge >= 0.3 is 0 Å². The molecule has 0 N–H and O–H groups in total. The first-order valence-electron chi connectivity index (χ1n) is 4.64. The summed E-state index contributed by atoms with van der Waals surface area (Å²) in [6.45, 7) is 5.74. The van der Waals surface area contributed by atoms with Crippen LogP contribution in [0.15, 0.2) is 12.1 Å². The Morgan fingerprint density at radius 2 is 1.67 bits per heavy atom. The Morgan fingerprint density at radius 3 is 2.20 bits per heavy atom. The van der Waals surface area contributed by atoms with Gasteiger partial charge in [-0.05, 0) is 19.1 Å². The molecule has 4 heteroatoms. The zero-order chi connectivity index (χ0) is 11.6. The molecule has 0 bridgehead atoms. The van der Waals surface area contributed by atoms with Crippen LogP contribution in [0.3, 0.4) is 0 Å². The Bertz CT molecular complexity index is 477. The predicted molar refractivity (Wildman–Crippen MR) is 62.8 cm³/mol. The molecule has 0 radical (unpaired) electrons. The second-order valence-corrected chi connectivity index (χ2v) is 4.31. The maximum Gasteiger partial charge on any atom is 0.141 e. The lowest BCUT2D eigenvalue weighted by molar-refractivity contribution is 0.619. The lowest BCUT2D eigenvalue weighted by Crippen LogP contribution is -1.78. The largest absolute Gasteiger partial charge is 0.206 e.